The van der Waals surface area contributed by atoms with Gasteiger partial charge in [-0.25, -0.2) is 0 Å². The standard InChI is InChI=1S/C13H20N2O2/c1-16-10-3-4-13(17-2)11(8-10)12-7-9(14)5-6-15-12/h3-4,8-9,12,15H,5-7,14H2,1-2H3. The van der Waals surface area contributed by atoms with Crippen molar-refractivity contribution in [1.29, 1.82) is 0 Å². The maximum atomic E-state index is 6.01. The van der Waals surface area contributed by atoms with Gasteiger partial charge in [-0.2, -0.15) is 0 Å². The molecule has 1 aliphatic rings. The number of methoxy groups -OCH3 is 2. The molecule has 0 amide bonds. The summed E-state index contributed by atoms with van der Waals surface area (Å²) in [5.74, 6) is 1.74. The van der Waals surface area contributed by atoms with Gasteiger partial charge >= 0.3 is 0 Å². The lowest BCUT2D eigenvalue weighted by atomic mass is 9.93. The average Bonchev–Trinajstić information content (AvgIpc) is 2.38. The van der Waals surface area contributed by atoms with Crippen molar-refractivity contribution >= 4 is 0 Å². The Morgan fingerprint density at radius 3 is 2.76 bits per heavy atom. The van der Waals surface area contributed by atoms with Gasteiger partial charge < -0.3 is 20.5 Å². The molecular weight excluding hydrogens is 216 g/mol. The van der Waals surface area contributed by atoms with Crippen LogP contribution in [0.15, 0.2) is 18.2 Å². The SMILES string of the molecule is COc1ccc(OC)c(C2CC(N)CCN2)c1. The zero-order valence-corrected chi connectivity index (χ0v) is 10.4. The summed E-state index contributed by atoms with van der Waals surface area (Å²) in [6.45, 7) is 0.951. The first-order valence-electron chi connectivity index (χ1n) is 5.95. The van der Waals surface area contributed by atoms with Gasteiger partial charge in [0.2, 0.25) is 0 Å². The number of piperidine rings is 1. The van der Waals surface area contributed by atoms with E-state index in [2.05, 4.69) is 5.32 Å². The van der Waals surface area contributed by atoms with Crippen molar-refractivity contribution in [2.75, 3.05) is 20.8 Å². The lowest BCUT2D eigenvalue weighted by Gasteiger charge is -2.29. The van der Waals surface area contributed by atoms with E-state index in [-0.39, 0.29) is 12.1 Å². The highest BCUT2D eigenvalue weighted by atomic mass is 16.5. The molecule has 4 heteroatoms. The summed E-state index contributed by atoms with van der Waals surface area (Å²) in [5, 5.41) is 3.48. The van der Waals surface area contributed by atoms with Crippen LogP contribution in [-0.2, 0) is 0 Å². The van der Waals surface area contributed by atoms with Gasteiger partial charge in [-0.3, -0.25) is 0 Å². The van der Waals surface area contributed by atoms with Gasteiger partial charge in [0.15, 0.2) is 0 Å². The Labute approximate surface area is 102 Å². The molecule has 0 radical (unpaired) electrons. The van der Waals surface area contributed by atoms with Gasteiger partial charge in [-0.05, 0) is 37.6 Å². The van der Waals surface area contributed by atoms with Crippen LogP contribution in [0.5, 0.6) is 11.5 Å². The van der Waals surface area contributed by atoms with Gasteiger partial charge in [0.05, 0.1) is 14.2 Å². The highest BCUT2D eigenvalue weighted by Crippen LogP contribution is 2.33. The minimum absolute atomic E-state index is 0.254. The summed E-state index contributed by atoms with van der Waals surface area (Å²) in [7, 11) is 3.36. The second-order valence-electron chi connectivity index (χ2n) is 4.40. The maximum Gasteiger partial charge on any atom is 0.123 e. The molecule has 0 spiro atoms. The summed E-state index contributed by atoms with van der Waals surface area (Å²) in [4.78, 5) is 0. The molecule has 2 atom stereocenters. The Kier molecular flexibility index (Phi) is 3.86. The summed E-state index contributed by atoms with van der Waals surface area (Å²) in [6.07, 6.45) is 1.96. The fourth-order valence-electron chi connectivity index (χ4n) is 2.30. The molecule has 1 heterocycles. The largest absolute Gasteiger partial charge is 0.497 e. The molecule has 3 N–H and O–H groups in total. The normalized spacial score (nSPS) is 24.4. The zero-order valence-electron chi connectivity index (χ0n) is 10.4. The molecule has 17 heavy (non-hydrogen) atoms. The Balaban J connectivity index is 2.27. The molecule has 0 aromatic heterocycles. The molecule has 2 unspecified atom stereocenters. The lowest BCUT2D eigenvalue weighted by molar-refractivity contribution is 0.346. The summed E-state index contributed by atoms with van der Waals surface area (Å²) >= 11 is 0. The monoisotopic (exact) mass is 236 g/mol. The van der Waals surface area contributed by atoms with Crippen LogP contribution in [0.25, 0.3) is 0 Å². The van der Waals surface area contributed by atoms with Crippen LogP contribution in [-0.4, -0.2) is 26.8 Å². The Morgan fingerprint density at radius 1 is 1.29 bits per heavy atom. The molecule has 1 aliphatic heterocycles. The molecule has 4 nitrogen and oxygen atoms in total. The molecule has 0 bridgehead atoms. The van der Waals surface area contributed by atoms with Crippen molar-refractivity contribution in [1.82, 2.24) is 5.32 Å². The van der Waals surface area contributed by atoms with Crippen LogP contribution in [0.4, 0.5) is 0 Å². The number of hydrogen-bond donors (Lipinski definition) is 2. The minimum atomic E-state index is 0.254. The molecule has 1 fully saturated rings. The summed E-state index contributed by atoms with van der Waals surface area (Å²) in [5.41, 5.74) is 7.14. The van der Waals surface area contributed by atoms with Crippen LogP contribution in [0.3, 0.4) is 0 Å². The topological polar surface area (TPSA) is 56.5 Å². The quantitative estimate of drug-likeness (QED) is 0.834. The number of hydrogen-bond acceptors (Lipinski definition) is 4. The number of nitrogens with one attached hydrogen (secondary N) is 1. The number of ether oxygens (including phenoxy) is 2. The predicted octanol–water partition coefficient (Wildman–Crippen LogP) is 1.46. The maximum absolute atomic E-state index is 6.01. The Hall–Kier alpha value is -1.26. The molecule has 0 saturated carbocycles. The third-order valence-electron chi connectivity index (χ3n) is 3.26. The van der Waals surface area contributed by atoms with Crippen LogP contribution in [0, 0.1) is 0 Å². The van der Waals surface area contributed by atoms with Gasteiger partial charge in [0, 0.05) is 17.6 Å². The highest BCUT2D eigenvalue weighted by Gasteiger charge is 2.23. The zero-order chi connectivity index (χ0) is 12.3. The molecule has 0 aliphatic carbocycles. The molecule has 2 rings (SSSR count). The highest BCUT2D eigenvalue weighted by molar-refractivity contribution is 5.42. The fraction of sp³-hybridized carbons (Fsp3) is 0.538. The Bertz CT molecular complexity index is 382. The van der Waals surface area contributed by atoms with Crippen molar-refractivity contribution < 1.29 is 9.47 Å². The van der Waals surface area contributed by atoms with Gasteiger partial charge in [0.25, 0.3) is 0 Å². The van der Waals surface area contributed by atoms with E-state index in [0.717, 1.165) is 36.4 Å². The molecule has 94 valence electrons. The number of rotatable bonds is 3. The van der Waals surface area contributed by atoms with Crippen LogP contribution in [0.1, 0.15) is 24.4 Å². The molecule has 1 aromatic carbocycles. The van der Waals surface area contributed by atoms with E-state index in [9.17, 15) is 0 Å². The molecule has 1 aromatic rings. The van der Waals surface area contributed by atoms with Crippen molar-refractivity contribution in [3.05, 3.63) is 23.8 Å². The number of benzene rings is 1. The second kappa shape index (κ2) is 5.38. The van der Waals surface area contributed by atoms with Gasteiger partial charge in [-0.15, -0.1) is 0 Å². The van der Waals surface area contributed by atoms with E-state index in [1.165, 1.54) is 0 Å². The Morgan fingerprint density at radius 2 is 2.12 bits per heavy atom. The lowest BCUT2D eigenvalue weighted by Crippen LogP contribution is -2.38. The van der Waals surface area contributed by atoms with Crippen molar-refractivity contribution in [3.8, 4) is 11.5 Å². The minimum Gasteiger partial charge on any atom is -0.497 e. The van der Waals surface area contributed by atoms with E-state index in [1.54, 1.807) is 14.2 Å². The first-order chi connectivity index (χ1) is 8.24. The van der Waals surface area contributed by atoms with E-state index < -0.39 is 0 Å². The summed E-state index contributed by atoms with van der Waals surface area (Å²) in [6, 6.07) is 6.39. The number of nitrogens with two attached hydrogens (primary N) is 1. The second-order valence-corrected chi connectivity index (χ2v) is 4.40. The first kappa shape index (κ1) is 12.2. The molecular formula is C13H20N2O2. The van der Waals surface area contributed by atoms with Crippen LogP contribution >= 0.6 is 0 Å². The van der Waals surface area contributed by atoms with Crippen LogP contribution < -0.4 is 20.5 Å². The summed E-state index contributed by atoms with van der Waals surface area (Å²) < 4.78 is 10.7. The smallest absolute Gasteiger partial charge is 0.123 e. The molecule has 1 saturated heterocycles. The van der Waals surface area contributed by atoms with Crippen molar-refractivity contribution in [3.63, 3.8) is 0 Å². The third kappa shape index (κ3) is 2.70. The van der Waals surface area contributed by atoms with E-state index in [1.807, 2.05) is 18.2 Å². The van der Waals surface area contributed by atoms with Gasteiger partial charge in [0.1, 0.15) is 11.5 Å². The van der Waals surface area contributed by atoms with E-state index in [0.29, 0.717) is 0 Å². The van der Waals surface area contributed by atoms with Crippen LogP contribution in [0.2, 0.25) is 0 Å². The van der Waals surface area contributed by atoms with E-state index >= 15 is 0 Å². The third-order valence-corrected chi connectivity index (χ3v) is 3.26. The van der Waals surface area contributed by atoms with Gasteiger partial charge in [-0.1, -0.05) is 0 Å². The van der Waals surface area contributed by atoms with E-state index in [4.69, 9.17) is 15.2 Å². The average molecular weight is 236 g/mol. The van der Waals surface area contributed by atoms with Crippen molar-refractivity contribution in [2.24, 2.45) is 5.73 Å². The predicted molar refractivity (Wildman–Crippen MR) is 67.5 cm³/mol. The fourth-order valence-corrected chi connectivity index (χ4v) is 2.30. The van der Waals surface area contributed by atoms with Crippen molar-refractivity contribution in [2.45, 2.75) is 24.9 Å². The first-order valence-corrected chi connectivity index (χ1v) is 5.95.